The van der Waals surface area contributed by atoms with E-state index in [0.717, 1.165) is 18.4 Å². The van der Waals surface area contributed by atoms with Crippen molar-refractivity contribution in [2.45, 2.75) is 31.8 Å². The quantitative estimate of drug-likeness (QED) is 0.897. The molecule has 1 aromatic carbocycles. The predicted octanol–water partition coefficient (Wildman–Crippen LogP) is 2.48. The van der Waals surface area contributed by atoms with E-state index in [1.807, 2.05) is 6.92 Å². The minimum Gasteiger partial charge on any atom is -0.487 e. The molecule has 0 bridgehead atoms. The van der Waals surface area contributed by atoms with Gasteiger partial charge in [0.25, 0.3) is 0 Å². The highest BCUT2D eigenvalue weighted by atomic mass is 19.1. The number of rotatable bonds is 4. The van der Waals surface area contributed by atoms with Gasteiger partial charge in [-0.15, -0.1) is 0 Å². The molecule has 1 fully saturated rings. The maximum absolute atomic E-state index is 13.9. The molecule has 3 nitrogen and oxygen atoms in total. The van der Waals surface area contributed by atoms with E-state index in [-0.39, 0.29) is 30.2 Å². The van der Waals surface area contributed by atoms with Gasteiger partial charge in [0, 0.05) is 25.4 Å². The van der Waals surface area contributed by atoms with Gasteiger partial charge in [-0.3, -0.25) is 0 Å². The minimum absolute atomic E-state index is 0.0135. The van der Waals surface area contributed by atoms with Gasteiger partial charge in [-0.05, 0) is 17.7 Å². The number of aliphatic hydroxyl groups is 1. The summed E-state index contributed by atoms with van der Waals surface area (Å²) in [6, 6.07) is 4.89. The summed E-state index contributed by atoms with van der Waals surface area (Å²) in [4.78, 5) is 0. The van der Waals surface area contributed by atoms with Crippen molar-refractivity contribution in [1.82, 2.24) is 0 Å². The lowest BCUT2D eigenvalue weighted by molar-refractivity contribution is 0.0240. The zero-order chi connectivity index (χ0) is 13.0. The van der Waals surface area contributed by atoms with Crippen LogP contribution in [0.3, 0.4) is 0 Å². The fraction of sp³-hybridized carbons (Fsp3) is 0.571. The van der Waals surface area contributed by atoms with Gasteiger partial charge in [0.2, 0.25) is 0 Å². The highest BCUT2D eigenvalue weighted by molar-refractivity contribution is 5.31. The van der Waals surface area contributed by atoms with E-state index in [0.29, 0.717) is 13.2 Å². The molecule has 4 heteroatoms. The predicted molar refractivity (Wildman–Crippen MR) is 66.4 cm³/mol. The van der Waals surface area contributed by atoms with Crippen LogP contribution in [0.25, 0.3) is 0 Å². The normalized spacial score (nSPS) is 18.6. The molecular weight excluding hydrogens is 235 g/mol. The van der Waals surface area contributed by atoms with Crippen molar-refractivity contribution < 1.29 is 19.0 Å². The smallest absolute Gasteiger partial charge is 0.165 e. The molecule has 18 heavy (non-hydrogen) atoms. The number of ether oxygens (including phenoxy) is 2. The molecule has 1 aromatic rings. The third-order valence-electron chi connectivity index (χ3n) is 3.26. The van der Waals surface area contributed by atoms with Gasteiger partial charge in [0.15, 0.2) is 11.6 Å². The Morgan fingerprint density at radius 2 is 2.17 bits per heavy atom. The minimum atomic E-state index is -0.362. The van der Waals surface area contributed by atoms with Gasteiger partial charge >= 0.3 is 0 Å². The topological polar surface area (TPSA) is 38.7 Å². The van der Waals surface area contributed by atoms with Crippen molar-refractivity contribution in [3.8, 4) is 5.75 Å². The molecule has 1 atom stereocenters. The molecule has 0 saturated carbocycles. The van der Waals surface area contributed by atoms with E-state index < -0.39 is 0 Å². The van der Waals surface area contributed by atoms with Crippen LogP contribution in [-0.2, 0) is 4.74 Å². The number of benzene rings is 1. The van der Waals surface area contributed by atoms with Crippen molar-refractivity contribution in [3.63, 3.8) is 0 Å². The highest BCUT2D eigenvalue weighted by Crippen LogP contribution is 2.25. The van der Waals surface area contributed by atoms with Gasteiger partial charge in [-0.25, -0.2) is 4.39 Å². The lowest BCUT2D eigenvalue weighted by atomic mass is 10.0. The van der Waals surface area contributed by atoms with E-state index in [1.165, 1.54) is 6.07 Å². The van der Waals surface area contributed by atoms with Gasteiger partial charge in [0.05, 0.1) is 13.2 Å². The van der Waals surface area contributed by atoms with Crippen molar-refractivity contribution in [3.05, 3.63) is 29.6 Å². The Hall–Kier alpha value is -1.13. The molecule has 0 amide bonds. The summed E-state index contributed by atoms with van der Waals surface area (Å²) >= 11 is 0. The maximum Gasteiger partial charge on any atom is 0.165 e. The number of aliphatic hydroxyl groups excluding tert-OH is 1. The van der Waals surface area contributed by atoms with Gasteiger partial charge in [-0.1, -0.05) is 13.0 Å². The van der Waals surface area contributed by atoms with E-state index in [9.17, 15) is 4.39 Å². The summed E-state index contributed by atoms with van der Waals surface area (Å²) in [6.07, 6.45) is 1.64. The number of halogens is 1. The van der Waals surface area contributed by atoms with Crippen LogP contribution in [0.1, 0.15) is 31.2 Å². The van der Waals surface area contributed by atoms with Gasteiger partial charge < -0.3 is 14.6 Å². The Morgan fingerprint density at radius 3 is 2.78 bits per heavy atom. The first-order valence-corrected chi connectivity index (χ1v) is 6.35. The monoisotopic (exact) mass is 254 g/mol. The van der Waals surface area contributed by atoms with E-state index in [1.54, 1.807) is 12.1 Å². The molecule has 1 saturated heterocycles. The molecule has 1 aliphatic heterocycles. The fourth-order valence-electron chi connectivity index (χ4n) is 2.00. The van der Waals surface area contributed by atoms with Crippen LogP contribution in [0.15, 0.2) is 18.2 Å². The SMILES string of the molecule is CC(CO)c1ccc(OC2CCOCC2)c(F)c1. The first-order valence-electron chi connectivity index (χ1n) is 6.35. The fourth-order valence-corrected chi connectivity index (χ4v) is 2.00. The van der Waals surface area contributed by atoms with E-state index in [4.69, 9.17) is 14.6 Å². The van der Waals surface area contributed by atoms with E-state index >= 15 is 0 Å². The molecule has 100 valence electrons. The largest absolute Gasteiger partial charge is 0.487 e. The Kier molecular flexibility index (Phi) is 4.55. The Labute approximate surface area is 107 Å². The van der Waals surface area contributed by atoms with Gasteiger partial charge in [-0.2, -0.15) is 0 Å². The van der Waals surface area contributed by atoms with E-state index in [2.05, 4.69) is 0 Å². The summed E-state index contributed by atoms with van der Waals surface area (Å²) in [5, 5.41) is 9.04. The average Bonchev–Trinajstić information content (AvgIpc) is 2.41. The first-order chi connectivity index (χ1) is 8.70. The van der Waals surface area contributed by atoms with Crippen LogP contribution in [-0.4, -0.2) is 31.0 Å². The second-order valence-corrected chi connectivity index (χ2v) is 4.70. The standard InChI is InChI=1S/C14H19FO3/c1-10(9-16)11-2-3-14(13(15)8-11)18-12-4-6-17-7-5-12/h2-3,8,10,12,16H,4-7,9H2,1H3. The van der Waals surface area contributed by atoms with Crippen molar-refractivity contribution >= 4 is 0 Å². The average molecular weight is 254 g/mol. The Balaban J connectivity index is 2.04. The maximum atomic E-state index is 13.9. The summed E-state index contributed by atoms with van der Waals surface area (Å²) in [7, 11) is 0. The van der Waals surface area contributed by atoms with Crippen LogP contribution in [0.4, 0.5) is 4.39 Å². The molecule has 1 heterocycles. The second kappa shape index (κ2) is 6.16. The summed E-state index contributed by atoms with van der Waals surface area (Å²) in [5.41, 5.74) is 0.786. The van der Waals surface area contributed by atoms with Crippen LogP contribution >= 0.6 is 0 Å². The van der Waals surface area contributed by atoms with Crippen LogP contribution in [0, 0.1) is 5.82 Å². The molecule has 1 N–H and O–H groups in total. The highest BCUT2D eigenvalue weighted by Gasteiger charge is 2.17. The summed E-state index contributed by atoms with van der Waals surface area (Å²) in [6.45, 7) is 3.21. The molecule has 0 radical (unpaired) electrons. The zero-order valence-corrected chi connectivity index (χ0v) is 10.6. The van der Waals surface area contributed by atoms with Gasteiger partial charge in [0.1, 0.15) is 6.10 Å². The molecule has 0 aromatic heterocycles. The number of hydrogen-bond donors (Lipinski definition) is 1. The lowest BCUT2D eigenvalue weighted by Gasteiger charge is -2.23. The molecule has 2 rings (SSSR count). The van der Waals surface area contributed by atoms with Crippen molar-refractivity contribution in [2.75, 3.05) is 19.8 Å². The van der Waals surface area contributed by atoms with Crippen LogP contribution < -0.4 is 4.74 Å². The molecule has 0 aliphatic carbocycles. The van der Waals surface area contributed by atoms with Crippen molar-refractivity contribution in [2.24, 2.45) is 0 Å². The third kappa shape index (κ3) is 3.21. The van der Waals surface area contributed by atoms with Crippen LogP contribution in [0.2, 0.25) is 0 Å². The first kappa shape index (κ1) is 13.3. The molecule has 1 aliphatic rings. The molecule has 1 unspecified atom stereocenters. The zero-order valence-electron chi connectivity index (χ0n) is 10.6. The lowest BCUT2D eigenvalue weighted by Crippen LogP contribution is -2.26. The van der Waals surface area contributed by atoms with Crippen LogP contribution in [0.5, 0.6) is 5.75 Å². The Morgan fingerprint density at radius 1 is 1.44 bits per heavy atom. The second-order valence-electron chi connectivity index (χ2n) is 4.70. The summed E-state index contributed by atoms with van der Waals surface area (Å²) < 4.78 is 24.7. The Bertz CT molecular complexity index is 389. The number of hydrogen-bond acceptors (Lipinski definition) is 3. The molecular formula is C14H19FO3. The van der Waals surface area contributed by atoms with Crippen molar-refractivity contribution in [1.29, 1.82) is 0 Å². The molecule has 0 spiro atoms. The summed E-state index contributed by atoms with van der Waals surface area (Å²) in [5.74, 6) is -0.133. The third-order valence-corrected chi connectivity index (χ3v) is 3.26.